The maximum atomic E-state index is 12.8. The fraction of sp³-hybridized carbons (Fsp3) is 0.316. The molecule has 2 aromatic carbocycles. The van der Waals surface area contributed by atoms with Gasteiger partial charge in [-0.3, -0.25) is 9.52 Å². The number of likely N-dealkylation sites (tertiary alicyclic amines) is 1. The van der Waals surface area contributed by atoms with Crippen molar-refractivity contribution in [2.45, 2.75) is 31.1 Å². The molecular weight excluding hydrogens is 372 g/mol. The summed E-state index contributed by atoms with van der Waals surface area (Å²) < 4.78 is 28.1. The van der Waals surface area contributed by atoms with Crippen molar-refractivity contribution in [3.05, 3.63) is 58.6 Å². The predicted molar refractivity (Wildman–Crippen MR) is 103 cm³/mol. The Morgan fingerprint density at radius 1 is 1.08 bits per heavy atom. The van der Waals surface area contributed by atoms with Gasteiger partial charge in [0.05, 0.1) is 16.3 Å². The van der Waals surface area contributed by atoms with E-state index in [1.165, 1.54) is 6.07 Å². The molecule has 3 rings (SSSR count). The third-order valence-corrected chi connectivity index (χ3v) is 6.27. The summed E-state index contributed by atoms with van der Waals surface area (Å²) in [6.45, 7) is 3.23. The van der Waals surface area contributed by atoms with Gasteiger partial charge >= 0.3 is 0 Å². The van der Waals surface area contributed by atoms with E-state index < -0.39 is 10.0 Å². The van der Waals surface area contributed by atoms with E-state index in [2.05, 4.69) is 4.72 Å². The van der Waals surface area contributed by atoms with Gasteiger partial charge in [0.25, 0.3) is 15.9 Å². The highest BCUT2D eigenvalue weighted by atomic mass is 35.5. The Morgan fingerprint density at radius 2 is 1.77 bits per heavy atom. The lowest BCUT2D eigenvalue weighted by Gasteiger charge is -2.27. The molecule has 0 saturated carbocycles. The zero-order chi connectivity index (χ0) is 18.7. The lowest BCUT2D eigenvalue weighted by molar-refractivity contribution is 0.0725. The van der Waals surface area contributed by atoms with Gasteiger partial charge in [0.1, 0.15) is 4.90 Å². The van der Waals surface area contributed by atoms with Gasteiger partial charge < -0.3 is 4.90 Å². The van der Waals surface area contributed by atoms with Crippen molar-refractivity contribution in [3.8, 4) is 0 Å². The number of benzene rings is 2. The summed E-state index contributed by atoms with van der Waals surface area (Å²) in [5, 5.41) is 0.150. The Morgan fingerprint density at radius 3 is 2.46 bits per heavy atom. The fourth-order valence-electron chi connectivity index (χ4n) is 3.05. The van der Waals surface area contributed by atoms with Crippen LogP contribution in [0.2, 0.25) is 5.02 Å². The molecule has 1 N–H and O–H groups in total. The molecular formula is C19H21ClN2O3S. The summed E-state index contributed by atoms with van der Waals surface area (Å²) in [5.74, 6) is -0.155. The monoisotopic (exact) mass is 392 g/mol. The Bertz CT molecular complexity index is 922. The predicted octanol–water partition coefficient (Wildman–Crippen LogP) is 4.08. The average molecular weight is 393 g/mol. The molecule has 0 radical (unpaired) electrons. The molecule has 0 aromatic heterocycles. The zero-order valence-electron chi connectivity index (χ0n) is 14.5. The molecule has 1 amide bonds. The van der Waals surface area contributed by atoms with Gasteiger partial charge in [0.15, 0.2) is 0 Å². The minimum Gasteiger partial charge on any atom is -0.339 e. The summed E-state index contributed by atoms with van der Waals surface area (Å²) in [5.41, 5.74) is 1.48. The minimum absolute atomic E-state index is 0.00927. The number of anilines is 1. The maximum absolute atomic E-state index is 12.8. The molecule has 1 heterocycles. The molecule has 0 atom stereocenters. The van der Waals surface area contributed by atoms with Gasteiger partial charge in [-0.15, -0.1) is 0 Å². The number of sulfonamides is 1. The quantitative estimate of drug-likeness (QED) is 0.852. The highest BCUT2D eigenvalue weighted by molar-refractivity contribution is 7.92. The summed E-state index contributed by atoms with van der Waals surface area (Å²) >= 11 is 6.11. The first-order valence-electron chi connectivity index (χ1n) is 8.56. The molecule has 1 aliphatic heterocycles. The number of hydrogen-bond donors (Lipinski definition) is 1. The Kier molecular flexibility index (Phi) is 5.53. The van der Waals surface area contributed by atoms with Crippen molar-refractivity contribution in [2.75, 3.05) is 17.8 Å². The number of rotatable bonds is 4. The van der Waals surface area contributed by atoms with Crippen molar-refractivity contribution in [1.82, 2.24) is 4.90 Å². The van der Waals surface area contributed by atoms with E-state index in [-0.39, 0.29) is 21.5 Å². The number of aryl methyl sites for hydroxylation is 1. The minimum atomic E-state index is -3.90. The van der Waals surface area contributed by atoms with Gasteiger partial charge in [0, 0.05) is 13.1 Å². The molecule has 1 aliphatic rings. The standard InChI is InChI=1S/C19H21ClN2O3S/c1-14-9-10-18(16(20)13-14)26(24,25)21-17-8-4-3-7-15(17)19(23)22-11-5-2-6-12-22/h3-4,7-10,13,21H,2,5-6,11-12H2,1H3. The highest BCUT2D eigenvalue weighted by Gasteiger charge is 2.24. The lowest BCUT2D eigenvalue weighted by Crippen LogP contribution is -2.36. The van der Waals surface area contributed by atoms with Gasteiger partial charge in [-0.25, -0.2) is 8.42 Å². The Hall–Kier alpha value is -2.05. The van der Waals surface area contributed by atoms with Crippen LogP contribution in [-0.4, -0.2) is 32.3 Å². The Labute approximate surface area is 159 Å². The second kappa shape index (κ2) is 7.68. The van der Waals surface area contributed by atoms with Gasteiger partial charge in [-0.1, -0.05) is 29.8 Å². The molecule has 2 aromatic rings. The number of piperidine rings is 1. The van der Waals surface area contributed by atoms with E-state index in [0.29, 0.717) is 18.7 Å². The second-order valence-corrected chi connectivity index (χ2v) is 8.50. The molecule has 0 aliphatic carbocycles. The summed E-state index contributed by atoms with van der Waals surface area (Å²) in [6.07, 6.45) is 3.06. The Balaban J connectivity index is 1.91. The van der Waals surface area contributed by atoms with Crippen LogP contribution in [0.1, 0.15) is 35.2 Å². The molecule has 1 fully saturated rings. The number of hydrogen-bond acceptors (Lipinski definition) is 3. The molecule has 0 bridgehead atoms. The SMILES string of the molecule is Cc1ccc(S(=O)(=O)Nc2ccccc2C(=O)N2CCCCC2)c(Cl)c1. The number of amides is 1. The number of nitrogens with zero attached hydrogens (tertiary/aromatic N) is 1. The van der Waals surface area contributed by atoms with Crippen LogP contribution in [0.25, 0.3) is 0 Å². The molecule has 26 heavy (non-hydrogen) atoms. The smallest absolute Gasteiger partial charge is 0.263 e. The maximum Gasteiger partial charge on any atom is 0.263 e. The largest absolute Gasteiger partial charge is 0.339 e. The van der Waals surface area contributed by atoms with Crippen LogP contribution in [0, 0.1) is 6.92 Å². The zero-order valence-corrected chi connectivity index (χ0v) is 16.1. The van der Waals surface area contributed by atoms with E-state index in [4.69, 9.17) is 11.6 Å². The van der Waals surface area contributed by atoms with Crippen molar-refractivity contribution in [1.29, 1.82) is 0 Å². The highest BCUT2D eigenvalue weighted by Crippen LogP contribution is 2.27. The van der Waals surface area contributed by atoms with Gasteiger partial charge in [-0.05, 0) is 56.0 Å². The lowest BCUT2D eigenvalue weighted by atomic mass is 10.1. The van der Waals surface area contributed by atoms with Gasteiger partial charge in [0.2, 0.25) is 0 Å². The first kappa shape index (κ1) is 18.7. The van der Waals surface area contributed by atoms with Crippen molar-refractivity contribution < 1.29 is 13.2 Å². The summed E-state index contributed by atoms with van der Waals surface area (Å²) in [7, 11) is -3.90. The summed E-state index contributed by atoms with van der Waals surface area (Å²) in [6, 6.07) is 11.4. The molecule has 5 nitrogen and oxygen atoms in total. The van der Waals surface area contributed by atoms with Crippen LogP contribution < -0.4 is 4.72 Å². The van der Waals surface area contributed by atoms with Crippen LogP contribution in [0.4, 0.5) is 5.69 Å². The molecule has 138 valence electrons. The van der Waals surface area contributed by atoms with Crippen LogP contribution in [-0.2, 0) is 10.0 Å². The second-order valence-electron chi connectivity index (χ2n) is 6.44. The number of carbonyl (C=O) groups is 1. The molecule has 0 unspecified atom stereocenters. The van der Waals surface area contributed by atoms with Crippen molar-refractivity contribution in [2.24, 2.45) is 0 Å². The van der Waals surface area contributed by atoms with Crippen LogP contribution in [0.15, 0.2) is 47.4 Å². The van der Waals surface area contributed by atoms with E-state index in [1.54, 1.807) is 41.3 Å². The first-order chi connectivity index (χ1) is 12.4. The van der Waals surface area contributed by atoms with Crippen molar-refractivity contribution in [3.63, 3.8) is 0 Å². The third kappa shape index (κ3) is 4.02. The van der Waals surface area contributed by atoms with Gasteiger partial charge in [-0.2, -0.15) is 0 Å². The van der Waals surface area contributed by atoms with E-state index >= 15 is 0 Å². The van der Waals surface area contributed by atoms with Crippen molar-refractivity contribution >= 4 is 33.2 Å². The topological polar surface area (TPSA) is 66.5 Å². The molecule has 1 saturated heterocycles. The molecule has 7 heteroatoms. The number of carbonyl (C=O) groups excluding carboxylic acids is 1. The number of nitrogens with one attached hydrogen (secondary N) is 1. The van der Waals surface area contributed by atoms with E-state index in [9.17, 15) is 13.2 Å². The first-order valence-corrected chi connectivity index (χ1v) is 10.4. The van der Waals surface area contributed by atoms with E-state index in [0.717, 1.165) is 24.8 Å². The summed E-state index contributed by atoms with van der Waals surface area (Å²) in [4.78, 5) is 14.6. The van der Waals surface area contributed by atoms with E-state index in [1.807, 2.05) is 6.92 Å². The fourth-order valence-corrected chi connectivity index (χ4v) is 4.73. The van der Waals surface area contributed by atoms with Crippen LogP contribution in [0.3, 0.4) is 0 Å². The van der Waals surface area contributed by atoms with Crippen LogP contribution in [0.5, 0.6) is 0 Å². The normalized spacial score (nSPS) is 14.9. The number of halogens is 1. The average Bonchev–Trinajstić information content (AvgIpc) is 2.61. The number of para-hydroxylation sites is 1. The third-order valence-electron chi connectivity index (χ3n) is 4.42. The molecule has 0 spiro atoms. The van der Waals surface area contributed by atoms with Crippen LogP contribution >= 0.6 is 11.6 Å².